The predicted octanol–water partition coefficient (Wildman–Crippen LogP) is 2.21. The first-order chi connectivity index (χ1) is 10.2. The van der Waals surface area contributed by atoms with Crippen molar-refractivity contribution < 1.29 is 4.79 Å². The van der Waals surface area contributed by atoms with Crippen LogP contribution in [0.1, 0.15) is 42.6 Å². The summed E-state index contributed by atoms with van der Waals surface area (Å²) in [6, 6.07) is 3.81. The highest BCUT2D eigenvalue weighted by Crippen LogP contribution is 2.29. The molecule has 1 atom stereocenters. The summed E-state index contributed by atoms with van der Waals surface area (Å²) in [7, 11) is 0. The molecule has 3 rings (SSSR count). The fraction of sp³-hybridized carbons (Fsp3) is 0.400. The number of aromatic nitrogens is 4. The zero-order valence-electron chi connectivity index (χ0n) is 12.0. The van der Waals surface area contributed by atoms with Crippen molar-refractivity contribution in [1.29, 1.82) is 0 Å². The van der Waals surface area contributed by atoms with E-state index in [9.17, 15) is 4.79 Å². The summed E-state index contributed by atoms with van der Waals surface area (Å²) in [5.41, 5.74) is 0.922. The number of nitrogens with zero attached hydrogens (tertiary/aromatic N) is 3. The molecule has 2 N–H and O–H groups in total. The number of amides is 1. The van der Waals surface area contributed by atoms with Crippen molar-refractivity contribution in [3.8, 4) is 0 Å². The van der Waals surface area contributed by atoms with Crippen LogP contribution in [-0.2, 0) is 4.79 Å². The number of aromatic amines is 2. The Hall–Kier alpha value is -2.37. The van der Waals surface area contributed by atoms with E-state index in [1.165, 1.54) is 0 Å². The number of likely N-dealkylation sites (tertiary alicyclic amines) is 1. The molecule has 2 aromatic heterocycles. The van der Waals surface area contributed by atoms with Gasteiger partial charge < -0.3 is 9.88 Å². The summed E-state index contributed by atoms with van der Waals surface area (Å²) in [6.45, 7) is 2.63. The van der Waals surface area contributed by atoms with Crippen molar-refractivity contribution in [2.45, 2.75) is 32.2 Å². The maximum absolute atomic E-state index is 12.4. The Morgan fingerprint density at radius 3 is 3.10 bits per heavy atom. The Kier molecular flexibility index (Phi) is 3.85. The van der Waals surface area contributed by atoms with Crippen LogP contribution in [0.15, 0.2) is 24.4 Å². The van der Waals surface area contributed by atoms with Crippen molar-refractivity contribution in [2.75, 3.05) is 6.54 Å². The molecule has 1 amide bonds. The summed E-state index contributed by atoms with van der Waals surface area (Å²) >= 11 is 0. The molecule has 6 heteroatoms. The van der Waals surface area contributed by atoms with Gasteiger partial charge in [0.05, 0.1) is 6.04 Å². The van der Waals surface area contributed by atoms with Crippen LogP contribution in [0, 0.1) is 6.92 Å². The topological polar surface area (TPSA) is 77.7 Å². The minimum atomic E-state index is -0.0236. The minimum Gasteiger partial charge on any atom is -0.362 e. The lowest BCUT2D eigenvalue weighted by molar-refractivity contribution is -0.129. The Morgan fingerprint density at radius 1 is 1.48 bits per heavy atom. The van der Waals surface area contributed by atoms with Gasteiger partial charge in [-0.05, 0) is 44.4 Å². The van der Waals surface area contributed by atoms with Gasteiger partial charge >= 0.3 is 0 Å². The number of hydrogen-bond donors (Lipinski definition) is 2. The molecule has 0 saturated carbocycles. The molecule has 1 unspecified atom stereocenters. The normalized spacial score (nSPS) is 19.3. The SMILES string of the molecule is Cc1nc(C2CCCCN2C(=O)/C=C/c2ccc[nH]2)n[nH]1. The van der Waals surface area contributed by atoms with Crippen molar-refractivity contribution in [3.05, 3.63) is 41.7 Å². The quantitative estimate of drug-likeness (QED) is 0.849. The average molecular weight is 285 g/mol. The highest BCUT2D eigenvalue weighted by atomic mass is 16.2. The molecular formula is C15H19N5O. The molecule has 0 aromatic carbocycles. The minimum absolute atomic E-state index is 0.0109. The number of carbonyl (C=O) groups is 1. The van der Waals surface area contributed by atoms with Crippen LogP contribution in [0.3, 0.4) is 0 Å². The smallest absolute Gasteiger partial charge is 0.247 e. The van der Waals surface area contributed by atoms with E-state index >= 15 is 0 Å². The lowest BCUT2D eigenvalue weighted by Crippen LogP contribution is -2.38. The van der Waals surface area contributed by atoms with E-state index in [1.807, 2.05) is 30.2 Å². The third-order valence-electron chi connectivity index (χ3n) is 3.73. The third-order valence-corrected chi connectivity index (χ3v) is 3.73. The molecule has 1 saturated heterocycles. The number of rotatable bonds is 3. The van der Waals surface area contributed by atoms with Crippen molar-refractivity contribution >= 4 is 12.0 Å². The van der Waals surface area contributed by atoms with Gasteiger partial charge in [0.25, 0.3) is 0 Å². The molecule has 0 spiro atoms. The molecule has 0 aliphatic carbocycles. The summed E-state index contributed by atoms with van der Waals surface area (Å²) in [5.74, 6) is 1.51. The molecule has 1 aliphatic rings. The van der Waals surface area contributed by atoms with Crippen LogP contribution in [0.4, 0.5) is 0 Å². The van der Waals surface area contributed by atoms with Gasteiger partial charge in [0.1, 0.15) is 5.82 Å². The standard InChI is InChI=1S/C15H19N5O/c1-11-17-15(19-18-11)13-6-2-3-10-20(13)14(21)8-7-12-5-4-9-16-12/h4-5,7-9,13,16H,2-3,6,10H2,1H3,(H,17,18,19)/b8-7+. The Bertz CT molecular complexity index is 628. The van der Waals surface area contributed by atoms with Gasteiger partial charge in [0.15, 0.2) is 5.82 Å². The number of nitrogens with one attached hydrogen (secondary N) is 2. The third kappa shape index (κ3) is 3.04. The molecule has 1 aliphatic heterocycles. The van der Waals surface area contributed by atoms with E-state index in [4.69, 9.17) is 0 Å². The summed E-state index contributed by atoms with van der Waals surface area (Å²) in [6.07, 6.45) is 8.30. The van der Waals surface area contributed by atoms with Gasteiger partial charge in [0.2, 0.25) is 5.91 Å². The van der Waals surface area contributed by atoms with Gasteiger partial charge in [-0.15, -0.1) is 0 Å². The monoisotopic (exact) mass is 285 g/mol. The second-order valence-corrected chi connectivity index (χ2v) is 5.28. The van der Waals surface area contributed by atoms with E-state index in [1.54, 1.807) is 12.2 Å². The van der Waals surface area contributed by atoms with Crippen LogP contribution in [0.2, 0.25) is 0 Å². The van der Waals surface area contributed by atoms with Crippen molar-refractivity contribution in [1.82, 2.24) is 25.1 Å². The van der Waals surface area contributed by atoms with E-state index < -0.39 is 0 Å². The molecule has 110 valence electrons. The first-order valence-electron chi connectivity index (χ1n) is 7.25. The maximum Gasteiger partial charge on any atom is 0.247 e. The maximum atomic E-state index is 12.4. The molecule has 6 nitrogen and oxygen atoms in total. The highest BCUT2D eigenvalue weighted by molar-refractivity contribution is 5.91. The summed E-state index contributed by atoms with van der Waals surface area (Å²) in [4.78, 5) is 21.8. The number of hydrogen-bond acceptors (Lipinski definition) is 3. The van der Waals surface area contributed by atoms with Crippen molar-refractivity contribution in [2.24, 2.45) is 0 Å². The van der Waals surface area contributed by atoms with Gasteiger partial charge in [-0.2, -0.15) is 5.10 Å². The van der Waals surface area contributed by atoms with E-state index in [-0.39, 0.29) is 11.9 Å². The molecule has 0 radical (unpaired) electrons. The number of aryl methyl sites for hydroxylation is 1. The highest BCUT2D eigenvalue weighted by Gasteiger charge is 2.29. The molecule has 2 aromatic rings. The first kappa shape index (κ1) is 13.6. The van der Waals surface area contributed by atoms with Crippen LogP contribution >= 0.6 is 0 Å². The fourth-order valence-electron chi connectivity index (χ4n) is 2.68. The van der Waals surface area contributed by atoms with Gasteiger partial charge in [-0.3, -0.25) is 9.89 Å². The summed E-state index contributed by atoms with van der Waals surface area (Å²) < 4.78 is 0. The van der Waals surface area contributed by atoms with E-state index in [2.05, 4.69) is 20.2 Å². The average Bonchev–Trinajstić information content (AvgIpc) is 3.16. The zero-order valence-corrected chi connectivity index (χ0v) is 12.0. The second-order valence-electron chi connectivity index (χ2n) is 5.28. The first-order valence-corrected chi connectivity index (χ1v) is 7.25. The fourth-order valence-corrected chi connectivity index (χ4v) is 2.68. The Morgan fingerprint density at radius 2 is 2.38 bits per heavy atom. The lowest BCUT2D eigenvalue weighted by Gasteiger charge is -2.33. The molecule has 1 fully saturated rings. The number of piperidine rings is 1. The predicted molar refractivity (Wildman–Crippen MR) is 79.3 cm³/mol. The second kappa shape index (κ2) is 5.95. The van der Waals surface area contributed by atoms with Gasteiger partial charge in [0, 0.05) is 24.5 Å². The molecular weight excluding hydrogens is 266 g/mol. The molecule has 0 bridgehead atoms. The van der Waals surface area contributed by atoms with Gasteiger partial charge in [-0.1, -0.05) is 0 Å². The van der Waals surface area contributed by atoms with Crippen molar-refractivity contribution in [3.63, 3.8) is 0 Å². The Labute approximate surface area is 123 Å². The molecule has 3 heterocycles. The number of carbonyl (C=O) groups excluding carboxylic acids is 1. The van der Waals surface area contributed by atoms with Crippen LogP contribution in [0.25, 0.3) is 6.08 Å². The lowest BCUT2D eigenvalue weighted by atomic mass is 10.0. The number of H-pyrrole nitrogens is 2. The molecule has 21 heavy (non-hydrogen) atoms. The van der Waals surface area contributed by atoms with Crippen LogP contribution in [-0.4, -0.2) is 37.5 Å². The zero-order chi connectivity index (χ0) is 14.7. The van der Waals surface area contributed by atoms with Crippen LogP contribution < -0.4 is 0 Å². The Balaban J connectivity index is 1.76. The van der Waals surface area contributed by atoms with Crippen LogP contribution in [0.5, 0.6) is 0 Å². The van der Waals surface area contributed by atoms with Gasteiger partial charge in [-0.25, -0.2) is 4.98 Å². The summed E-state index contributed by atoms with van der Waals surface area (Å²) in [5, 5.41) is 7.08. The van der Waals surface area contributed by atoms with E-state index in [0.29, 0.717) is 5.82 Å². The van der Waals surface area contributed by atoms with E-state index in [0.717, 1.165) is 37.3 Å². The largest absolute Gasteiger partial charge is 0.362 e.